The van der Waals surface area contributed by atoms with Gasteiger partial charge in [0.2, 0.25) is 5.12 Å². The second-order valence-electron chi connectivity index (χ2n) is 1.38. The Kier molecular flexibility index (Phi) is 1.28. The number of methoxy groups -OCH3 is 2. The zero-order chi connectivity index (χ0) is 5.33. The molecule has 0 amide bonds. The van der Waals surface area contributed by atoms with E-state index in [0.717, 1.165) is 5.75 Å². The highest BCUT2D eigenvalue weighted by Gasteiger charge is 2.45. The van der Waals surface area contributed by atoms with Crippen LogP contribution in [0.3, 0.4) is 0 Å². The van der Waals surface area contributed by atoms with Gasteiger partial charge in [-0.25, -0.2) is 0 Å². The molecule has 1 fully saturated rings. The highest BCUT2D eigenvalue weighted by Crippen LogP contribution is 2.45. The van der Waals surface area contributed by atoms with Crippen LogP contribution in [-0.4, -0.2) is 25.1 Å². The standard InChI is InChI=1S/C4H8O2S/c1-5-4(6-2)3-7-4/h3H2,1-2H3. The maximum absolute atomic E-state index is 4.94. The highest BCUT2D eigenvalue weighted by atomic mass is 32.2. The molecule has 3 heteroatoms. The Hall–Kier alpha value is 0.270. The molecule has 1 saturated heterocycles. The summed E-state index contributed by atoms with van der Waals surface area (Å²) in [5.41, 5.74) is 0. The van der Waals surface area contributed by atoms with Crippen LogP contribution in [0.15, 0.2) is 0 Å². The monoisotopic (exact) mass is 120 g/mol. The molecule has 0 N–H and O–H groups in total. The molecule has 0 radical (unpaired) electrons. The van der Waals surface area contributed by atoms with Crippen LogP contribution in [0.25, 0.3) is 0 Å². The molecule has 0 aromatic heterocycles. The molecule has 0 aromatic carbocycles. The Balaban J connectivity index is 2.28. The van der Waals surface area contributed by atoms with Crippen molar-refractivity contribution in [2.24, 2.45) is 0 Å². The quantitative estimate of drug-likeness (QED) is 0.394. The first-order valence-corrected chi connectivity index (χ1v) is 3.06. The number of thioether (sulfide) groups is 1. The van der Waals surface area contributed by atoms with Gasteiger partial charge >= 0.3 is 0 Å². The Morgan fingerprint density at radius 1 is 1.43 bits per heavy atom. The minimum atomic E-state index is -0.250. The second kappa shape index (κ2) is 1.65. The van der Waals surface area contributed by atoms with E-state index in [1.54, 1.807) is 26.0 Å². The molecule has 0 spiro atoms. The minimum absolute atomic E-state index is 0.250. The van der Waals surface area contributed by atoms with Gasteiger partial charge in [-0.05, 0) is 0 Å². The molecule has 42 valence electrons. The molecule has 0 saturated carbocycles. The summed E-state index contributed by atoms with van der Waals surface area (Å²) in [5.74, 6) is 0.972. The van der Waals surface area contributed by atoms with Crippen LogP contribution in [0.4, 0.5) is 0 Å². The zero-order valence-electron chi connectivity index (χ0n) is 4.43. The zero-order valence-corrected chi connectivity index (χ0v) is 5.25. The Morgan fingerprint density at radius 3 is 1.86 bits per heavy atom. The third kappa shape index (κ3) is 0.900. The summed E-state index contributed by atoms with van der Waals surface area (Å²) in [6.45, 7) is 0. The van der Waals surface area contributed by atoms with Gasteiger partial charge in [0.1, 0.15) is 0 Å². The molecule has 0 atom stereocenters. The van der Waals surface area contributed by atoms with E-state index in [1.807, 2.05) is 0 Å². The SMILES string of the molecule is COC1(OC)CS1. The summed E-state index contributed by atoms with van der Waals surface area (Å²) in [7, 11) is 3.31. The van der Waals surface area contributed by atoms with Gasteiger partial charge in [0.05, 0.1) is 5.75 Å². The molecular formula is C4H8O2S. The molecular weight excluding hydrogens is 112 g/mol. The van der Waals surface area contributed by atoms with Gasteiger partial charge in [-0.15, -0.1) is 0 Å². The van der Waals surface area contributed by atoms with Crippen molar-refractivity contribution in [1.29, 1.82) is 0 Å². The number of rotatable bonds is 2. The van der Waals surface area contributed by atoms with Gasteiger partial charge in [-0.1, -0.05) is 11.8 Å². The molecule has 1 aliphatic heterocycles. The maximum Gasteiger partial charge on any atom is 0.227 e. The van der Waals surface area contributed by atoms with Crippen molar-refractivity contribution in [2.45, 2.75) is 5.12 Å². The van der Waals surface area contributed by atoms with Crippen LogP contribution >= 0.6 is 11.8 Å². The van der Waals surface area contributed by atoms with Crippen molar-refractivity contribution in [1.82, 2.24) is 0 Å². The lowest BCUT2D eigenvalue weighted by molar-refractivity contribution is -0.0930. The summed E-state index contributed by atoms with van der Waals surface area (Å²) >= 11 is 1.67. The van der Waals surface area contributed by atoms with Gasteiger partial charge < -0.3 is 9.47 Å². The first kappa shape index (κ1) is 5.41. The Bertz CT molecular complexity index is 64.1. The smallest absolute Gasteiger partial charge is 0.227 e. The molecule has 0 aliphatic carbocycles. The van der Waals surface area contributed by atoms with Crippen LogP contribution < -0.4 is 0 Å². The minimum Gasteiger partial charge on any atom is -0.344 e. The van der Waals surface area contributed by atoms with Crippen LogP contribution in [0, 0.1) is 0 Å². The first-order valence-electron chi connectivity index (χ1n) is 2.07. The Labute approximate surface area is 47.2 Å². The van der Waals surface area contributed by atoms with Crippen molar-refractivity contribution in [3.63, 3.8) is 0 Å². The molecule has 0 aromatic rings. The molecule has 1 aliphatic rings. The van der Waals surface area contributed by atoms with E-state index >= 15 is 0 Å². The third-order valence-corrected chi connectivity index (χ3v) is 2.10. The predicted molar refractivity (Wildman–Crippen MR) is 29.2 cm³/mol. The first-order chi connectivity index (χ1) is 3.33. The predicted octanol–water partition coefficient (Wildman–Crippen LogP) is 0.680. The van der Waals surface area contributed by atoms with E-state index in [2.05, 4.69) is 0 Å². The van der Waals surface area contributed by atoms with Gasteiger partial charge in [0.25, 0.3) is 0 Å². The fourth-order valence-corrected chi connectivity index (χ4v) is 0.967. The van der Waals surface area contributed by atoms with Crippen molar-refractivity contribution in [2.75, 3.05) is 20.0 Å². The normalized spacial score (nSPS) is 24.9. The van der Waals surface area contributed by atoms with Gasteiger partial charge in [0.15, 0.2) is 0 Å². The second-order valence-corrected chi connectivity index (χ2v) is 2.58. The van der Waals surface area contributed by atoms with E-state index < -0.39 is 0 Å². The fraction of sp³-hybridized carbons (Fsp3) is 1.00. The third-order valence-electron chi connectivity index (χ3n) is 1.00. The molecule has 2 nitrogen and oxygen atoms in total. The van der Waals surface area contributed by atoms with Crippen LogP contribution in [0.2, 0.25) is 0 Å². The van der Waals surface area contributed by atoms with E-state index in [1.165, 1.54) is 0 Å². The average molecular weight is 120 g/mol. The summed E-state index contributed by atoms with van der Waals surface area (Å²) in [6.07, 6.45) is 0. The summed E-state index contributed by atoms with van der Waals surface area (Å²) in [6, 6.07) is 0. The van der Waals surface area contributed by atoms with E-state index in [9.17, 15) is 0 Å². The molecule has 0 bridgehead atoms. The van der Waals surface area contributed by atoms with E-state index in [4.69, 9.17) is 9.47 Å². The largest absolute Gasteiger partial charge is 0.344 e. The van der Waals surface area contributed by atoms with Gasteiger partial charge in [-0.3, -0.25) is 0 Å². The van der Waals surface area contributed by atoms with Gasteiger partial charge in [0, 0.05) is 14.2 Å². The van der Waals surface area contributed by atoms with Crippen molar-refractivity contribution in [3.05, 3.63) is 0 Å². The summed E-state index contributed by atoms with van der Waals surface area (Å²) < 4.78 is 9.88. The van der Waals surface area contributed by atoms with Crippen LogP contribution in [0.1, 0.15) is 0 Å². The van der Waals surface area contributed by atoms with Gasteiger partial charge in [-0.2, -0.15) is 0 Å². The van der Waals surface area contributed by atoms with E-state index in [0.29, 0.717) is 0 Å². The van der Waals surface area contributed by atoms with Crippen molar-refractivity contribution >= 4 is 11.8 Å². The highest BCUT2D eigenvalue weighted by molar-refractivity contribution is 8.07. The topological polar surface area (TPSA) is 18.5 Å². The number of ether oxygens (including phenoxy) is 2. The maximum atomic E-state index is 4.94. The van der Waals surface area contributed by atoms with Crippen molar-refractivity contribution < 1.29 is 9.47 Å². The molecule has 1 heterocycles. The number of hydrogen-bond acceptors (Lipinski definition) is 3. The fourth-order valence-electron chi connectivity index (χ4n) is 0.378. The molecule has 1 rings (SSSR count). The van der Waals surface area contributed by atoms with Crippen molar-refractivity contribution in [3.8, 4) is 0 Å². The lowest BCUT2D eigenvalue weighted by Gasteiger charge is -2.05. The summed E-state index contributed by atoms with van der Waals surface area (Å²) in [5, 5.41) is -0.250. The number of hydrogen-bond donors (Lipinski definition) is 0. The lowest BCUT2D eigenvalue weighted by Crippen LogP contribution is -2.13. The molecule has 7 heavy (non-hydrogen) atoms. The lowest BCUT2D eigenvalue weighted by atomic mass is 10.8. The Morgan fingerprint density at radius 2 is 1.86 bits per heavy atom. The van der Waals surface area contributed by atoms with Crippen LogP contribution in [-0.2, 0) is 9.47 Å². The van der Waals surface area contributed by atoms with Crippen LogP contribution in [0.5, 0.6) is 0 Å². The molecule has 0 unspecified atom stereocenters. The summed E-state index contributed by atoms with van der Waals surface area (Å²) in [4.78, 5) is 0. The average Bonchev–Trinajstić information content (AvgIpc) is 2.46. The van der Waals surface area contributed by atoms with E-state index in [-0.39, 0.29) is 5.12 Å².